The van der Waals surface area contributed by atoms with Gasteiger partial charge in [-0.1, -0.05) is 32.0 Å². The van der Waals surface area contributed by atoms with Gasteiger partial charge in [-0.2, -0.15) is 5.10 Å². The number of benzene rings is 1. The summed E-state index contributed by atoms with van der Waals surface area (Å²) >= 11 is 0. The van der Waals surface area contributed by atoms with Crippen molar-refractivity contribution in [2.45, 2.75) is 26.4 Å². The number of aryl methyl sites for hydroxylation is 1. The minimum atomic E-state index is -0.192. The van der Waals surface area contributed by atoms with Crippen molar-refractivity contribution in [2.75, 3.05) is 19.6 Å². The maximum Gasteiger partial charge on any atom is 0.275 e. The van der Waals surface area contributed by atoms with E-state index >= 15 is 0 Å². The second kappa shape index (κ2) is 7.79. The minimum absolute atomic E-state index is 0.160. The third kappa shape index (κ3) is 3.55. The zero-order valence-electron chi connectivity index (χ0n) is 17.0. The molecule has 1 atom stereocenters. The van der Waals surface area contributed by atoms with Crippen molar-refractivity contribution in [3.63, 3.8) is 0 Å². The van der Waals surface area contributed by atoms with Crippen LogP contribution in [0.2, 0.25) is 0 Å². The van der Waals surface area contributed by atoms with Crippen LogP contribution in [0.4, 0.5) is 0 Å². The van der Waals surface area contributed by atoms with Crippen molar-refractivity contribution < 1.29 is 4.79 Å². The Bertz CT molecular complexity index is 1100. The predicted octanol–water partition coefficient (Wildman–Crippen LogP) is 1.57. The third-order valence-corrected chi connectivity index (χ3v) is 5.27. The van der Waals surface area contributed by atoms with Crippen LogP contribution in [0.15, 0.2) is 41.5 Å². The van der Waals surface area contributed by atoms with Crippen molar-refractivity contribution in [3.05, 3.63) is 58.5 Å². The number of imidazole rings is 1. The molecule has 0 spiro atoms. The summed E-state index contributed by atoms with van der Waals surface area (Å²) in [6.07, 6.45) is 3.62. The SMILES string of the molecule is CC(C)Cn1nc(C(=O)N2CCNCC2c2nccn2C)c2ccccc2c1=O. The van der Waals surface area contributed by atoms with Gasteiger partial charge in [0.25, 0.3) is 11.5 Å². The molecule has 152 valence electrons. The van der Waals surface area contributed by atoms with Crippen molar-refractivity contribution in [1.82, 2.24) is 29.5 Å². The Labute approximate surface area is 169 Å². The highest BCUT2D eigenvalue weighted by Gasteiger charge is 2.33. The van der Waals surface area contributed by atoms with Crippen molar-refractivity contribution in [3.8, 4) is 0 Å². The minimum Gasteiger partial charge on any atom is -0.336 e. The molecule has 0 aliphatic carbocycles. The first-order chi connectivity index (χ1) is 14.0. The van der Waals surface area contributed by atoms with E-state index in [1.54, 1.807) is 18.3 Å². The number of nitrogens with zero attached hydrogens (tertiary/aromatic N) is 5. The molecular formula is C21H26N6O2. The molecule has 0 saturated carbocycles. The zero-order chi connectivity index (χ0) is 20.5. The van der Waals surface area contributed by atoms with Gasteiger partial charge in [0.1, 0.15) is 11.9 Å². The molecule has 8 heteroatoms. The maximum atomic E-state index is 13.7. The highest BCUT2D eigenvalue weighted by atomic mass is 16.2. The number of carbonyl (C=O) groups excluding carboxylic acids is 1. The molecule has 4 rings (SSSR count). The first-order valence-corrected chi connectivity index (χ1v) is 9.96. The molecule has 0 bridgehead atoms. The van der Waals surface area contributed by atoms with Gasteiger partial charge in [-0.15, -0.1) is 0 Å². The molecule has 1 aromatic carbocycles. The normalized spacial score (nSPS) is 17.2. The number of carbonyl (C=O) groups is 1. The lowest BCUT2D eigenvalue weighted by molar-refractivity contribution is 0.0614. The molecule has 1 unspecified atom stereocenters. The van der Waals surface area contributed by atoms with Gasteiger partial charge >= 0.3 is 0 Å². The molecule has 3 heterocycles. The summed E-state index contributed by atoms with van der Waals surface area (Å²) in [5.41, 5.74) is 0.161. The summed E-state index contributed by atoms with van der Waals surface area (Å²) in [5, 5.41) is 8.99. The van der Waals surface area contributed by atoms with Gasteiger partial charge < -0.3 is 14.8 Å². The molecule has 29 heavy (non-hydrogen) atoms. The van der Waals surface area contributed by atoms with Gasteiger partial charge in [-0.05, 0) is 12.0 Å². The first-order valence-electron chi connectivity index (χ1n) is 9.96. The average molecular weight is 394 g/mol. The molecule has 8 nitrogen and oxygen atoms in total. The smallest absolute Gasteiger partial charge is 0.275 e. The van der Waals surface area contributed by atoms with Gasteiger partial charge in [-0.25, -0.2) is 9.67 Å². The highest BCUT2D eigenvalue weighted by Crippen LogP contribution is 2.24. The van der Waals surface area contributed by atoms with E-state index in [2.05, 4.69) is 15.4 Å². The summed E-state index contributed by atoms with van der Waals surface area (Å²) in [5.74, 6) is 0.891. The number of aromatic nitrogens is 4. The Morgan fingerprint density at radius 1 is 1.28 bits per heavy atom. The van der Waals surface area contributed by atoms with Crippen LogP contribution in [0.1, 0.15) is 36.2 Å². The fraction of sp³-hybridized carbons (Fsp3) is 0.429. The molecule has 1 aliphatic heterocycles. The lowest BCUT2D eigenvalue weighted by Gasteiger charge is -2.35. The number of hydrogen-bond donors (Lipinski definition) is 1. The number of piperazine rings is 1. The Kier molecular flexibility index (Phi) is 5.19. The van der Waals surface area contributed by atoms with Gasteiger partial charge in [-0.3, -0.25) is 9.59 Å². The first kappa shape index (κ1) is 19.3. The van der Waals surface area contributed by atoms with E-state index in [0.29, 0.717) is 42.6 Å². The number of amides is 1. The van der Waals surface area contributed by atoms with Gasteiger partial charge in [0.05, 0.1) is 5.39 Å². The van der Waals surface area contributed by atoms with E-state index in [0.717, 1.165) is 5.82 Å². The molecule has 0 radical (unpaired) electrons. The van der Waals surface area contributed by atoms with E-state index in [4.69, 9.17) is 0 Å². The average Bonchev–Trinajstić information content (AvgIpc) is 3.15. The standard InChI is InChI=1S/C21H26N6O2/c1-14(2)13-27-20(28)16-7-5-4-6-15(16)18(24-27)21(29)26-11-8-22-12-17(26)19-23-9-10-25(19)3/h4-7,9-10,14,17,22H,8,11-13H2,1-3H3. The second-order valence-corrected chi connectivity index (χ2v) is 7.89. The molecule has 1 amide bonds. The van der Waals surface area contributed by atoms with E-state index in [-0.39, 0.29) is 23.4 Å². The predicted molar refractivity (Wildman–Crippen MR) is 111 cm³/mol. The summed E-state index contributed by atoms with van der Waals surface area (Å²) in [7, 11) is 1.93. The number of rotatable bonds is 4. The summed E-state index contributed by atoms with van der Waals surface area (Å²) in [4.78, 5) is 32.8. The van der Waals surface area contributed by atoms with Crippen LogP contribution in [-0.4, -0.2) is 49.8 Å². The van der Waals surface area contributed by atoms with Crippen LogP contribution in [0.3, 0.4) is 0 Å². The van der Waals surface area contributed by atoms with Crippen molar-refractivity contribution in [2.24, 2.45) is 13.0 Å². The Morgan fingerprint density at radius 2 is 2.03 bits per heavy atom. The van der Waals surface area contributed by atoms with Crippen LogP contribution < -0.4 is 10.9 Å². The molecule has 3 aromatic rings. The number of hydrogen-bond acceptors (Lipinski definition) is 5. The summed E-state index contributed by atoms with van der Waals surface area (Å²) in [6.45, 7) is 6.40. The topological polar surface area (TPSA) is 85.1 Å². The monoisotopic (exact) mass is 394 g/mol. The van der Waals surface area contributed by atoms with Crippen LogP contribution >= 0.6 is 0 Å². The Balaban J connectivity index is 1.82. The number of nitrogens with one attached hydrogen (secondary N) is 1. The van der Waals surface area contributed by atoms with Crippen molar-refractivity contribution >= 4 is 16.7 Å². The van der Waals surface area contributed by atoms with Gasteiger partial charge in [0.2, 0.25) is 0 Å². The fourth-order valence-electron chi connectivity index (χ4n) is 3.88. The third-order valence-electron chi connectivity index (χ3n) is 5.27. The summed E-state index contributed by atoms with van der Waals surface area (Å²) in [6, 6.07) is 7.03. The van der Waals surface area contributed by atoms with Crippen LogP contribution in [0.25, 0.3) is 10.8 Å². The Hall–Kier alpha value is -3.00. The zero-order valence-corrected chi connectivity index (χ0v) is 17.0. The van der Waals surface area contributed by atoms with Crippen LogP contribution in [-0.2, 0) is 13.6 Å². The van der Waals surface area contributed by atoms with E-state index in [1.165, 1.54) is 4.68 Å². The number of fused-ring (bicyclic) bond motifs is 1. The molecular weight excluding hydrogens is 368 g/mol. The van der Waals surface area contributed by atoms with E-state index in [9.17, 15) is 9.59 Å². The molecule has 1 N–H and O–H groups in total. The fourth-order valence-corrected chi connectivity index (χ4v) is 3.88. The maximum absolute atomic E-state index is 13.7. The highest BCUT2D eigenvalue weighted by molar-refractivity contribution is 6.05. The van der Waals surface area contributed by atoms with Crippen LogP contribution in [0, 0.1) is 5.92 Å². The van der Waals surface area contributed by atoms with Crippen LogP contribution in [0.5, 0.6) is 0 Å². The second-order valence-electron chi connectivity index (χ2n) is 7.89. The van der Waals surface area contributed by atoms with Crippen molar-refractivity contribution in [1.29, 1.82) is 0 Å². The lowest BCUT2D eigenvalue weighted by Crippen LogP contribution is -2.50. The lowest BCUT2D eigenvalue weighted by atomic mass is 10.1. The molecule has 1 saturated heterocycles. The van der Waals surface area contributed by atoms with Gasteiger partial charge in [0, 0.05) is 51.0 Å². The van der Waals surface area contributed by atoms with E-state index < -0.39 is 0 Å². The quantitative estimate of drug-likeness (QED) is 0.726. The largest absolute Gasteiger partial charge is 0.336 e. The molecule has 1 fully saturated rings. The molecule has 1 aliphatic rings. The Morgan fingerprint density at radius 3 is 2.72 bits per heavy atom. The summed E-state index contributed by atoms with van der Waals surface area (Å²) < 4.78 is 3.36. The molecule has 2 aromatic heterocycles. The van der Waals surface area contributed by atoms with Gasteiger partial charge in [0.15, 0.2) is 5.69 Å². The van der Waals surface area contributed by atoms with E-state index in [1.807, 2.05) is 48.7 Å².